The molecule has 0 amide bonds. The standard InChI is InChI=1S/C18H19N3O5S2/c1-24-14-7-6-13(9-15(14)25-2)21-28(22,23)16-8-12(10-27-16)17-19-18(26-20-17)11-4-3-5-11/h6-11,21H,3-5H2,1-2H3. The van der Waals surface area contributed by atoms with Gasteiger partial charge in [0.25, 0.3) is 10.0 Å². The fourth-order valence-electron chi connectivity index (χ4n) is 2.85. The molecule has 148 valence electrons. The third-order valence-corrected chi connectivity index (χ3v) is 7.45. The second-order valence-corrected chi connectivity index (χ2v) is 9.23. The average Bonchev–Trinajstić information content (AvgIpc) is 3.29. The first-order chi connectivity index (χ1) is 13.5. The minimum Gasteiger partial charge on any atom is -0.493 e. The zero-order chi connectivity index (χ0) is 19.7. The van der Waals surface area contributed by atoms with Gasteiger partial charge in [-0.2, -0.15) is 4.98 Å². The number of methoxy groups -OCH3 is 2. The predicted molar refractivity (Wildman–Crippen MR) is 105 cm³/mol. The second-order valence-electron chi connectivity index (χ2n) is 6.41. The smallest absolute Gasteiger partial charge is 0.271 e. The van der Waals surface area contributed by atoms with E-state index < -0.39 is 10.0 Å². The molecule has 10 heteroatoms. The first-order valence-electron chi connectivity index (χ1n) is 8.67. The van der Waals surface area contributed by atoms with E-state index in [1.165, 1.54) is 20.6 Å². The number of rotatable bonds is 7. The van der Waals surface area contributed by atoms with Crippen molar-refractivity contribution in [2.45, 2.75) is 29.4 Å². The van der Waals surface area contributed by atoms with Crippen LogP contribution in [-0.4, -0.2) is 32.8 Å². The van der Waals surface area contributed by atoms with Crippen molar-refractivity contribution in [3.05, 3.63) is 35.5 Å². The maximum Gasteiger partial charge on any atom is 0.271 e. The van der Waals surface area contributed by atoms with Gasteiger partial charge in [-0.25, -0.2) is 8.42 Å². The lowest BCUT2D eigenvalue weighted by atomic mass is 9.85. The largest absolute Gasteiger partial charge is 0.493 e. The Bertz CT molecular complexity index is 1090. The molecule has 0 radical (unpaired) electrons. The van der Waals surface area contributed by atoms with Crippen LogP contribution in [0.5, 0.6) is 11.5 Å². The molecular formula is C18H19N3O5S2. The topological polar surface area (TPSA) is 104 Å². The number of thiophene rings is 1. The maximum absolute atomic E-state index is 12.7. The van der Waals surface area contributed by atoms with Crippen LogP contribution in [0.15, 0.2) is 38.4 Å². The van der Waals surface area contributed by atoms with Gasteiger partial charge in [-0.3, -0.25) is 4.72 Å². The van der Waals surface area contributed by atoms with E-state index in [9.17, 15) is 8.42 Å². The molecule has 8 nitrogen and oxygen atoms in total. The van der Waals surface area contributed by atoms with Crippen molar-refractivity contribution < 1.29 is 22.4 Å². The number of nitrogens with one attached hydrogen (secondary N) is 1. The van der Waals surface area contributed by atoms with E-state index in [-0.39, 0.29) is 4.21 Å². The Morgan fingerprint density at radius 2 is 1.96 bits per heavy atom. The van der Waals surface area contributed by atoms with Gasteiger partial charge in [-0.1, -0.05) is 11.6 Å². The summed E-state index contributed by atoms with van der Waals surface area (Å²) in [5.41, 5.74) is 0.992. The van der Waals surface area contributed by atoms with Gasteiger partial charge in [0.1, 0.15) is 4.21 Å². The van der Waals surface area contributed by atoms with Gasteiger partial charge >= 0.3 is 0 Å². The van der Waals surface area contributed by atoms with E-state index in [0.29, 0.717) is 40.4 Å². The van der Waals surface area contributed by atoms with E-state index >= 15 is 0 Å². The molecule has 1 aromatic carbocycles. The predicted octanol–water partition coefficient (Wildman–Crippen LogP) is 3.88. The second kappa shape index (κ2) is 7.44. The number of ether oxygens (including phenoxy) is 2. The zero-order valence-corrected chi connectivity index (χ0v) is 17.0. The molecule has 0 unspecified atom stereocenters. The zero-order valence-electron chi connectivity index (χ0n) is 15.3. The molecule has 1 N–H and O–H groups in total. The molecule has 0 spiro atoms. The number of aromatic nitrogens is 2. The third kappa shape index (κ3) is 3.57. The number of benzene rings is 1. The van der Waals surface area contributed by atoms with Crippen LogP contribution in [0.2, 0.25) is 0 Å². The number of anilines is 1. The molecule has 3 aromatic rings. The molecular weight excluding hydrogens is 402 g/mol. The number of sulfonamides is 1. The Morgan fingerprint density at radius 3 is 2.64 bits per heavy atom. The Hall–Kier alpha value is -2.59. The lowest BCUT2D eigenvalue weighted by molar-refractivity contribution is 0.292. The summed E-state index contributed by atoms with van der Waals surface area (Å²) in [4.78, 5) is 4.41. The quantitative estimate of drug-likeness (QED) is 0.617. The van der Waals surface area contributed by atoms with E-state index in [1.807, 2.05) is 0 Å². The van der Waals surface area contributed by atoms with Gasteiger partial charge in [-0.15, -0.1) is 11.3 Å². The summed E-state index contributed by atoms with van der Waals surface area (Å²) in [6.07, 6.45) is 3.28. The summed E-state index contributed by atoms with van der Waals surface area (Å²) in [5, 5.41) is 5.69. The summed E-state index contributed by atoms with van der Waals surface area (Å²) in [5.74, 6) is 2.31. The lowest BCUT2D eigenvalue weighted by Crippen LogP contribution is -2.11. The van der Waals surface area contributed by atoms with Crippen LogP contribution in [0.25, 0.3) is 11.4 Å². The fourth-order valence-corrected chi connectivity index (χ4v) is 5.06. The molecule has 0 bridgehead atoms. The highest BCUT2D eigenvalue weighted by Gasteiger charge is 2.26. The first kappa shape index (κ1) is 18.8. The van der Waals surface area contributed by atoms with E-state index in [2.05, 4.69) is 14.9 Å². The van der Waals surface area contributed by atoms with Gasteiger partial charge in [0.2, 0.25) is 11.7 Å². The lowest BCUT2D eigenvalue weighted by Gasteiger charge is -2.20. The van der Waals surface area contributed by atoms with Crippen LogP contribution in [0.1, 0.15) is 31.1 Å². The highest BCUT2D eigenvalue weighted by Crippen LogP contribution is 2.37. The summed E-state index contributed by atoms with van der Waals surface area (Å²) in [6, 6.07) is 6.35. The molecule has 4 rings (SSSR count). The van der Waals surface area contributed by atoms with Gasteiger partial charge in [0.15, 0.2) is 11.5 Å². The molecule has 1 aliphatic carbocycles. The fraction of sp³-hybridized carbons (Fsp3) is 0.333. The Balaban J connectivity index is 1.54. The molecule has 0 atom stereocenters. The van der Waals surface area contributed by atoms with Crippen molar-refractivity contribution >= 4 is 27.0 Å². The van der Waals surface area contributed by atoms with Crippen molar-refractivity contribution in [3.63, 3.8) is 0 Å². The van der Waals surface area contributed by atoms with Crippen molar-refractivity contribution in [3.8, 4) is 22.9 Å². The van der Waals surface area contributed by atoms with Crippen LogP contribution in [0.3, 0.4) is 0 Å². The van der Waals surface area contributed by atoms with Crippen molar-refractivity contribution in [2.24, 2.45) is 0 Å². The Labute approximate surface area is 166 Å². The minimum absolute atomic E-state index is 0.160. The highest BCUT2D eigenvalue weighted by atomic mass is 32.2. The summed E-state index contributed by atoms with van der Waals surface area (Å²) in [6.45, 7) is 0. The molecule has 0 saturated heterocycles. The minimum atomic E-state index is -3.76. The van der Waals surface area contributed by atoms with Crippen LogP contribution in [0, 0.1) is 0 Å². The van der Waals surface area contributed by atoms with Gasteiger partial charge in [0, 0.05) is 22.9 Å². The maximum atomic E-state index is 12.7. The molecule has 1 aliphatic rings. The SMILES string of the molecule is COc1ccc(NS(=O)(=O)c2cc(-c3noc(C4CCC4)n3)cs2)cc1OC. The molecule has 2 heterocycles. The highest BCUT2D eigenvalue weighted by molar-refractivity contribution is 7.94. The van der Waals surface area contributed by atoms with Gasteiger partial charge in [0.05, 0.1) is 19.9 Å². The van der Waals surface area contributed by atoms with Crippen molar-refractivity contribution in [1.82, 2.24) is 10.1 Å². The summed E-state index contributed by atoms with van der Waals surface area (Å²) in [7, 11) is -0.754. The Morgan fingerprint density at radius 1 is 1.18 bits per heavy atom. The van der Waals surface area contributed by atoms with Crippen LogP contribution in [-0.2, 0) is 10.0 Å². The van der Waals surface area contributed by atoms with E-state index in [1.54, 1.807) is 29.6 Å². The Kier molecular flexibility index (Phi) is 4.98. The van der Waals surface area contributed by atoms with Crippen LogP contribution >= 0.6 is 11.3 Å². The summed E-state index contributed by atoms with van der Waals surface area (Å²) < 4.78 is 43.9. The number of hydrogen-bond donors (Lipinski definition) is 1. The monoisotopic (exact) mass is 421 g/mol. The normalized spacial score (nSPS) is 14.5. The van der Waals surface area contributed by atoms with Crippen molar-refractivity contribution in [1.29, 1.82) is 0 Å². The molecule has 28 heavy (non-hydrogen) atoms. The molecule has 2 aromatic heterocycles. The molecule has 0 aliphatic heterocycles. The average molecular weight is 422 g/mol. The first-order valence-corrected chi connectivity index (χ1v) is 11.0. The van der Waals surface area contributed by atoms with E-state index in [4.69, 9.17) is 14.0 Å². The number of hydrogen-bond acceptors (Lipinski definition) is 8. The van der Waals surface area contributed by atoms with Crippen LogP contribution < -0.4 is 14.2 Å². The molecule has 1 fully saturated rings. The van der Waals surface area contributed by atoms with Crippen molar-refractivity contribution in [2.75, 3.05) is 18.9 Å². The van der Waals surface area contributed by atoms with Gasteiger partial charge in [-0.05, 0) is 31.0 Å². The van der Waals surface area contributed by atoms with E-state index in [0.717, 1.165) is 24.2 Å². The van der Waals surface area contributed by atoms with Crippen LogP contribution in [0.4, 0.5) is 5.69 Å². The molecule has 1 saturated carbocycles. The third-order valence-electron chi connectivity index (χ3n) is 4.63. The number of nitrogens with zero attached hydrogens (tertiary/aromatic N) is 2. The van der Waals surface area contributed by atoms with Gasteiger partial charge < -0.3 is 14.0 Å². The summed E-state index contributed by atoms with van der Waals surface area (Å²) >= 11 is 1.10.